The summed E-state index contributed by atoms with van der Waals surface area (Å²) >= 11 is 10.6. The third-order valence-corrected chi connectivity index (χ3v) is 8.00. The van der Waals surface area contributed by atoms with Gasteiger partial charge in [-0.2, -0.15) is 0 Å². The molecule has 0 radical (unpaired) electrons. The van der Waals surface area contributed by atoms with Crippen LogP contribution in [0.1, 0.15) is 25.7 Å². The molecule has 2 amide bonds. The number of halogens is 3. The predicted octanol–water partition coefficient (Wildman–Crippen LogP) is 7.14. The molecule has 0 saturated heterocycles. The second-order valence-electron chi connectivity index (χ2n) is 8.97. The van der Waals surface area contributed by atoms with Crippen LogP contribution in [0.5, 0.6) is 0 Å². The maximum atomic E-state index is 12.3. The maximum Gasteiger partial charge on any atom is 0.319 e. The fourth-order valence-corrected chi connectivity index (χ4v) is 7.33. The van der Waals surface area contributed by atoms with E-state index in [1.165, 1.54) is 0 Å². The van der Waals surface area contributed by atoms with Gasteiger partial charge in [-0.1, -0.05) is 34.1 Å². The first-order chi connectivity index (χ1) is 16.2. The van der Waals surface area contributed by atoms with E-state index in [0.29, 0.717) is 18.5 Å². The molecule has 0 aliphatic heterocycles. The molecule has 4 rings (SSSR count). The van der Waals surface area contributed by atoms with Crippen molar-refractivity contribution in [1.82, 2.24) is 4.98 Å². The fraction of sp³-hybridized carbons (Fsp3) is 0.360. The summed E-state index contributed by atoms with van der Waals surface area (Å²) in [6, 6.07) is 14.1. The number of hydrogen-bond donors (Lipinski definition) is 2. The Morgan fingerprint density at radius 2 is 1.71 bits per heavy atom. The Bertz CT molecular complexity index is 1170. The van der Waals surface area contributed by atoms with E-state index in [9.17, 15) is 4.79 Å². The highest BCUT2D eigenvalue weighted by Crippen LogP contribution is 2.39. The van der Waals surface area contributed by atoms with Crippen LogP contribution in [0, 0.1) is 5.92 Å². The highest BCUT2D eigenvalue weighted by molar-refractivity contribution is 9.11. The van der Waals surface area contributed by atoms with E-state index in [4.69, 9.17) is 10.7 Å². The number of aromatic nitrogens is 1. The third kappa shape index (κ3) is 5.69. The van der Waals surface area contributed by atoms with Crippen molar-refractivity contribution in [3.63, 3.8) is 0 Å². The molecule has 3 N–H and O–H groups in total. The van der Waals surface area contributed by atoms with Crippen LogP contribution < -0.4 is 20.9 Å². The minimum atomic E-state index is -0.444. The average Bonchev–Trinajstić information content (AvgIpc) is 2.78. The smallest absolute Gasteiger partial charge is 0.319 e. The van der Waals surface area contributed by atoms with Crippen LogP contribution in [0.2, 0.25) is 0 Å². The number of para-hydroxylation sites is 1. The normalized spacial score (nSPS) is 18.0. The Labute approximate surface area is 225 Å². The SMILES string of the molecule is CN(C)c1cc(NC2CCC(CN(C(N)=O)c3c(Br)cc(Br)cc3Br)CC2)nc2ccccc12. The van der Waals surface area contributed by atoms with Gasteiger partial charge in [-0.25, -0.2) is 9.78 Å². The van der Waals surface area contributed by atoms with Crippen molar-refractivity contribution in [1.29, 1.82) is 0 Å². The molecule has 0 atom stereocenters. The standard InChI is InChI=1S/C25H28Br3N5O/c1-32(2)22-13-23(31-21-6-4-3-5-18(21)22)30-17-9-7-15(8-10-17)14-33(25(29)34)24-19(27)11-16(26)12-20(24)28/h3-6,11-13,15,17H,7-10,14H2,1-2H3,(H2,29,34)(H,30,31). The van der Waals surface area contributed by atoms with Crippen molar-refractivity contribution < 1.29 is 4.79 Å². The lowest BCUT2D eigenvalue weighted by molar-refractivity contribution is 0.250. The van der Waals surface area contributed by atoms with Gasteiger partial charge in [0.15, 0.2) is 0 Å². The molecule has 180 valence electrons. The summed E-state index contributed by atoms with van der Waals surface area (Å²) in [5, 5.41) is 4.81. The number of benzene rings is 2. The molecule has 1 aromatic heterocycles. The van der Waals surface area contributed by atoms with Crippen LogP contribution in [0.15, 0.2) is 55.9 Å². The number of nitrogens with zero attached hydrogens (tertiary/aromatic N) is 3. The van der Waals surface area contributed by atoms with E-state index >= 15 is 0 Å². The molecule has 1 heterocycles. The summed E-state index contributed by atoms with van der Waals surface area (Å²) in [6.07, 6.45) is 4.07. The van der Waals surface area contributed by atoms with E-state index < -0.39 is 6.03 Å². The second-order valence-corrected chi connectivity index (χ2v) is 11.6. The number of primary amides is 1. The lowest BCUT2D eigenvalue weighted by Crippen LogP contribution is -2.41. The zero-order valence-corrected chi connectivity index (χ0v) is 24.0. The number of nitrogens with two attached hydrogens (primary N) is 1. The molecule has 34 heavy (non-hydrogen) atoms. The van der Waals surface area contributed by atoms with E-state index in [2.05, 4.69) is 90.3 Å². The van der Waals surface area contributed by atoms with Crippen LogP contribution in [0.3, 0.4) is 0 Å². The van der Waals surface area contributed by atoms with Crippen LogP contribution in [-0.4, -0.2) is 37.7 Å². The number of hydrogen-bond acceptors (Lipinski definition) is 4. The molecule has 0 bridgehead atoms. The van der Waals surface area contributed by atoms with Gasteiger partial charge in [0.2, 0.25) is 0 Å². The number of anilines is 3. The summed E-state index contributed by atoms with van der Waals surface area (Å²) < 4.78 is 2.56. The number of urea groups is 1. The third-order valence-electron chi connectivity index (χ3n) is 6.33. The van der Waals surface area contributed by atoms with Crippen LogP contribution in [0.25, 0.3) is 10.9 Å². The molecule has 0 spiro atoms. The number of rotatable bonds is 6. The number of fused-ring (bicyclic) bond motifs is 1. The topological polar surface area (TPSA) is 74.5 Å². The van der Waals surface area contributed by atoms with Gasteiger partial charge in [-0.05, 0) is 81.7 Å². The summed E-state index contributed by atoms with van der Waals surface area (Å²) in [7, 11) is 4.12. The molecule has 9 heteroatoms. The molecular weight excluding hydrogens is 626 g/mol. The molecule has 1 fully saturated rings. The Morgan fingerprint density at radius 3 is 2.32 bits per heavy atom. The van der Waals surface area contributed by atoms with E-state index in [1.807, 2.05) is 24.3 Å². The molecular formula is C25H28Br3N5O. The monoisotopic (exact) mass is 651 g/mol. The summed E-state index contributed by atoms with van der Waals surface area (Å²) in [6.45, 7) is 0.597. The zero-order chi connectivity index (χ0) is 24.4. The maximum absolute atomic E-state index is 12.3. The Hall–Kier alpha value is -1.84. The number of carbonyl (C=O) groups is 1. The van der Waals surface area contributed by atoms with E-state index in [1.54, 1.807) is 4.90 Å². The average molecular weight is 654 g/mol. The summed E-state index contributed by atoms with van der Waals surface area (Å²) in [5.74, 6) is 1.29. The first-order valence-corrected chi connectivity index (χ1v) is 13.7. The predicted molar refractivity (Wildman–Crippen MR) is 152 cm³/mol. The quantitative estimate of drug-likeness (QED) is 0.297. The number of pyridine rings is 1. The van der Waals surface area contributed by atoms with Crippen molar-refractivity contribution in [2.45, 2.75) is 31.7 Å². The number of amides is 2. The van der Waals surface area contributed by atoms with Crippen LogP contribution >= 0.6 is 47.8 Å². The minimum absolute atomic E-state index is 0.355. The first-order valence-electron chi connectivity index (χ1n) is 11.3. The zero-order valence-electron chi connectivity index (χ0n) is 19.2. The molecule has 1 saturated carbocycles. The summed E-state index contributed by atoms with van der Waals surface area (Å²) in [4.78, 5) is 21.0. The molecule has 0 unspecified atom stereocenters. The van der Waals surface area contributed by atoms with Gasteiger partial charge in [0, 0.05) is 57.2 Å². The van der Waals surface area contributed by atoms with Gasteiger partial charge in [0.1, 0.15) is 5.82 Å². The van der Waals surface area contributed by atoms with Crippen molar-refractivity contribution in [2.75, 3.05) is 35.8 Å². The van der Waals surface area contributed by atoms with Gasteiger partial charge in [-0.15, -0.1) is 0 Å². The Kier molecular flexibility index (Phi) is 8.05. The van der Waals surface area contributed by atoms with Gasteiger partial charge < -0.3 is 16.0 Å². The molecule has 2 aromatic carbocycles. The van der Waals surface area contributed by atoms with Crippen molar-refractivity contribution in [2.24, 2.45) is 11.7 Å². The molecule has 3 aromatic rings. The minimum Gasteiger partial charge on any atom is -0.377 e. The van der Waals surface area contributed by atoms with Crippen LogP contribution in [-0.2, 0) is 0 Å². The van der Waals surface area contributed by atoms with Gasteiger partial charge >= 0.3 is 6.03 Å². The van der Waals surface area contributed by atoms with Gasteiger partial charge in [0.25, 0.3) is 0 Å². The number of carbonyl (C=O) groups excluding carboxylic acids is 1. The summed E-state index contributed by atoms with van der Waals surface area (Å²) in [5.41, 5.74) is 8.71. The lowest BCUT2D eigenvalue weighted by Gasteiger charge is -2.33. The highest BCUT2D eigenvalue weighted by atomic mass is 79.9. The van der Waals surface area contributed by atoms with Gasteiger partial charge in [0.05, 0.1) is 11.2 Å². The van der Waals surface area contributed by atoms with E-state index in [-0.39, 0.29) is 0 Å². The molecule has 1 aliphatic carbocycles. The number of nitrogens with one attached hydrogen (secondary N) is 1. The fourth-order valence-electron chi connectivity index (χ4n) is 4.64. The molecule has 6 nitrogen and oxygen atoms in total. The van der Waals surface area contributed by atoms with E-state index in [0.717, 1.165) is 67.2 Å². The van der Waals surface area contributed by atoms with Crippen molar-refractivity contribution >= 4 is 81.9 Å². The Balaban J connectivity index is 1.43. The first kappa shape index (κ1) is 25.3. The highest BCUT2D eigenvalue weighted by Gasteiger charge is 2.27. The van der Waals surface area contributed by atoms with Crippen molar-refractivity contribution in [3.05, 3.63) is 55.9 Å². The Morgan fingerprint density at radius 1 is 1.06 bits per heavy atom. The van der Waals surface area contributed by atoms with Crippen molar-refractivity contribution in [3.8, 4) is 0 Å². The van der Waals surface area contributed by atoms with Gasteiger partial charge in [-0.3, -0.25) is 4.90 Å². The second kappa shape index (κ2) is 10.8. The molecule has 1 aliphatic rings. The van der Waals surface area contributed by atoms with Crippen LogP contribution in [0.4, 0.5) is 22.0 Å². The lowest BCUT2D eigenvalue weighted by atomic mass is 9.85. The largest absolute Gasteiger partial charge is 0.377 e.